The van der Waals surface area contributed by atoms with E-state index in [1.54, 1.807) is 31.2 Å². The van der Waals surface area contributed by atoms with Crippen molar-refractivity contribution in [3.8, 4) is 0 Å². The molecule has 0 saturated heterocycles. The Morgan fingerprint density at radius 2 is 2.00 bits per heavy atom. The van der Waals surface area contributed by atoms with Gasteiger partial charge in [0.05, 0.1) is 5.76 Å². The van der Waals surface area contributed by atoms with Gasteiger partial charge in [-0.05, 0) is 19.1 Å². The van der Waals surface area contributed by atoms with Crippen LogP contribution >= 0.6 is 0 Å². The van der Waals surface area contributed by atoms with Crippen LogP contribution in [-0.2, 0) is 4.74 Å². The van der Waals surface area contributed by atoms with Crippen molar-refractivity contribution < 1.29 is 9.53 Å². The van der Waals surface area contributed by atoms with Crippen LogP contribution < -0.4 is 11.3 Å². The molecule has 1 amide bonds. The molecule has 0 atom stereocenters. The van der Waals surface area contributed by atoms with Gasteiger partial charge < -0.3 is 4.74 Å². The zero-order valence-electron chi connectivity index (χ0n) is 9.12. The summed E-state index contributed by atoms with van der Waals surface area (Å²) < 4.78 is 5.25. The van der Waals surface area contributed by atoms with E-state index >= 15 is 0 Å². The van der Waals surface area contributed by atoms with Crippen LogP contribution in [0.2, 0.25) is 0 Å². The molecule has 4 nitrogen and oxygen atoms in total. The van der Waals surface area contributed by atoms with Crippen molar-refractivity contribution >= 4 is 11.7 Å². The van der Waals surface area contributed by atoms with Crippen LogP contribution in [-0.4, -0.2) is 5.91 Å². The Hall–Kier alpha value is -2.07. The topological polar surface area (TPSA) is 64.3 Å². The van der Waals surface area contributed by atoms with Crippen LogP contribution in [0.25, 0.3) is 5.76 Å². The average Bonchev–Trinajstić information content (AvgIpc) is 2.27. The summed E-state index contributed by atoms with van der Waals surface area (Å²) in [6.45, 7) is 9.08. The Morgan fingerprint density at radius 1 is 1.38 bits per heavy atom. The van der Waals surface area contributed by atoms with E-state index in [-0.39, 0.29) is 5.91 Å². The fourth-order valence-electron chi connectivity index (χ4n) is 1.19. The van der Waals surface area contributed by atoms with Gasteiger partial charge in [-0.2, -0.15) is 0 Å². The summed E-state index contributed by atoms with van der Waals surface area (Å²) in [4.78, 5) is 11.3. The van der Waals surface area contributed by atoms with E-state index in [2.05, 4.69) is 18.6 Å². The van der Waals surface area contributed by atoms with Crippen LogP contribution in [0.4, 0.5) is 0 Å². The number of rotatable bonds is 4. The molecule has 1 aromatic carbocycles. The van der Waals surface area contributed by atoms with Crippen LogP contribution in [0.3, 0.4) is 0 Å². The molecular weight excluding hydrogens is 204 g/mol. The standard InChI is InChI=1S/C12H14N2O2/c1-8(2)16-9(3)10-5-4-6-11(7-10)12(15)14-13/h4-7H,1,3,13H2,2H3,(H,14,15). The maximum atomic E-state index is 11.3. The van der Waals surface area contributed by atoms with Gasteiger partial charge in [0.1, 0.15) is 5.76 Å². The highest BCUT2D eigenvalue weighted by Crippen LogP contribution is 2.17. The van der Waals surface area contributed by atoms with Gasteiger partial charge in [0.25, 0.3) is 5.91 Å². The summed E-state index contributed by atoms with van der Waals surface area (Å²) >= 11 is 0. The predicted octanol–water partition coefficient (Wildman–Crippen LogP) is 1.81. The quantitative estimate of drug-likeness (QED) is 0.350. The zero-order chi connectivity index (χ0) is 12.1. The van der Waals surface area contributed by atoms with E-state index in [1.165, 1.54) is 0 Å². The highest BCUT2D eigenvalue weighted by Gasteiger charge is 2.06. The Morgan fingerprint density at radius 3 is 2.56 bits per heavy atom. The zero-order valence-corrected chi connectivity index (χ0v) is 9.12. The number of nitrogen functional groups attached to an aromatic ring is 1. The Labute approximate surface area is 94.4 Å². The molecule has 0 bridgehead atoms. The van der Waals surface area contributed by atoms with Gasteiger partial charge in [0.2, 0.25) is 0 Å². The summed E-state index contributed by atoms with van der Waals surface area (Å²) in [5, 5.41) is 0. The van der Waals surface area contributed by atoms with Gasteiger partial charge in [0.15, 0.2) is 0 Å². The summed E-state index contributed by atoms with van der Waals surface area (Å²) in [6.07, 6.45) is 0. The van der Waals surface area contributed by atoms with E-state index < -0.39 is 0 Å². The van der Waals surface area contributed by atoms with Crippen molar-refractivity contribution in [3.63, 3.8) is 0 Å². The number of hydrogen-bond acceptors (Lipinski definition) is 3. The van der Waals surface area contributed by atoms with Crippen molar-refractivity contribution in [1.29, 1.82) is 0 Å². The lowest BCUT2D eigenvalue weighted by atomic mass is 10.1. The smallest absolute Gasteiger partial charge is 0.265 e. The maximum Gasteiger partial charge on any atom is 0.265 e. The summed E-state index contributed by atoms with van der Waals surface area (Å²) in [6, 6.07) is 6.82. The SMILES string of the molecule is C=C(C)OC(=C)c1cccc(C(=O)NN)c1. The summed E-state index contributed by atoms with van der Waals surface area (Å²) in [7, 11) is 0. The minimum atomic E-state index is -0.357. The Balaban J connectivity index is 2.94. The van der Waals surface area contributed by atoms with Gasteiger partial charge >= 0.3 is 0 Å². The van der Waals surface area contributed by atoms with E-state index in [1.807, 2.05) is 0 Å². The largest absolute Gasteiger partial charge is 0.463 e. The number of allylic oxidation sites excluding steroid dienone is 1. The molecule has 4 heteroatoms. The lowest BCUT2D eigenvalue weighted by Crippen LogP contribution is -2.29. The molecule has 0 aliphatic heterocycles. The summed E-state index contributed by atoms with van der Waals surface area (Å²) in [5.74, 6) is 5.67. The number of carbonyl (C=O) groups excluding carboxylic acids is 1. The van der Waals surface area contributed by atoms with E-state index in [9.17, 15) is 4.79 Å². The molecule has 84 valence electrons. The molecule has 0 aromatic heterocycles. The third kappa shape index (κ3) is 2.96. The van der Waals surface area contributed by atoms with Crippen molar-refractivity contribution in [3.05, 3.63) is 54.3 Å². The van der Waals surface area contributed by atoms with Crippen LogP contribution in [0, 0.1) is 0 Å². The molecule has 16 heavy (non-hydrogen) atoms. The highest BCUT2D eigenvalue weighted by atomic mass is 16.5. The first kappa shape index (κ1) is 12.0. The van der Waals surface area contributed by atoms with Crippen molar-refractivity contribution in [1.82, 2.24) is 5.43 Å². The Bertz CT molecular complexity index is 438. The fourth-order valence-corrected chi connectivity index (χ4v) is 1.19. The minimum absolute atomic E-state index is 0.357. The van der Waals surface area contributed by atoms with Crippen molar-refractivity contribution in [2.24, 2.45) is 5.84 Å². The molecule has 1 rings (SSSR count). The monoisotopic (exact) mass is 218 g/mol. The number of carbonyl (C=O) groups is 1. The van der Waals surface area contributed by atoms with E-state index in [0.29, 0.717) is 22.6 Å². The number of nitrogens with two attached hydrogens (primary N) is 1. The summed E-state index contributed by atoms with van der Waals surface area (Å²) in [5.41, 5.74) is 3.22. The van der Waals surface area contributed by atoms with E-state index in [0.717, 1.165) is 0 Å². The molecule has 0 fully saturated rings. The number of nitrogens with one attached hydrogen (secondary N) is 1. The number of hydrazine groups is 1. The van der Waals surface area contributed by atoms with Gasteiger partial charge in [-0.3, -0.25) is 10.2 Å². The second-order valence-corrected chi connectivity index (χ2v) is 3.28. The molecule has 1 aromatic rings. The van der Waals surface area contributed by atoms with Crippen molar-refractivity contribution in [2.75, 3.05) is 0 Å². The number of benzene rings is 1. The Kier molecular flexibility index (Phi) is 3.85. The van der Waals surface area contributed by atoms with Gasteiger partial charge in [-0.1, -0.05) is 25.3 Å². The highest BCUT2D eigenvalue weighted by molar-refractivity contribution is 5.94. The first-order chi connectivity index (χ1) is 7.54. The maximum absolute atomic E-state index is 11.3. The average molecular weight is 218 g/mol. The molecule has 0 radical (unpaired) electrons. The third-order valence-electron chi connectivity index (χ3n) is 1.88. The van der Waals surface area contributed by atoms with Crippen LogP contribution in [0.5, 0.6) is 0 Å². The van der Waals surface area contributed by atoms with Crippen LogP contribution in [0.1, 0.15) is 22.8 Å². The molecule has 0 aliphatic carbocycles. The number of amides is 1. The molecule has 0 saturated carbocycles. The predicted molar refractivity (Wildman–Crippen MR) is 63.0 cm³/mol. The molecule has 0 unspecified atom stereocenters. The first-order valence-electron chi connectivity index (χ1n) is 4.68. The molecule has 3 N–H and O–H groups in total. The van der Waals surface area contributed by atoms with Crippen molar-refractivity contribution in [2.45, 2.75) is 6.92 Å². The van der Waals surface area contributed by atoms with Crippen LogP contribution in [0.15, 0.2) is 43.2 Å². The van der Waals surface area contributed by atoms with Gasteiger partial charge in [-0.15, -0.1) is 0 Å². The third-order valence-corrected chi connectivity index (χ3v) is 1.88. The first-order valence-corrected chi connectivity index (χ1v) is 4.68. The number of hydrogen-bond donors (Lipinski definition) is 2. The molecular formula is C12H14N2O2. The number of ether oxygens (including phenoxy) is 1. The van der Waals surface area contributed by atoms with Gasteiger partial charge in [0, 0.05) is 11.1 Å². The van der Waals surface area contributed by atoms with Gasteiger partial charge in [-0.25, -0.2) is 5.84 Å². The second kappa shape index (κ2) is 5.14. The lowest BCUT2D eigenvalue weighted by Gasteiger charge is -2.09. The normalized spacial score (nSPS) is 9.38. The minimum Gasteiger partial charge on any atom is -0.463 e. The fraction of sp³-hybridized carbons (Fsp3) is 0.0833. The van der Waals surface area contributed by atoms with E-state index in [4.69, 9.17) is 10.6 Å². The lowest BCUT2D eigenvalue weighted by molar-refractivity contribution is 0.0953. The molecule has 0 spiro atoms. The second-order valence-electron chi connectivity index (χ2n) is 3.28. The molecule has 0 heterocycles. The molecule has 0 aliphatic rings.